The second kappa shape index (κ2) is 6.68. The number of likely N-dealkylation sites (tertiary alicyclic amines) is 1. The Balaban J connectivity index is 1.79. The molecular weight excluding hydrogens is 364 g/mol. The van der Waals surface area contributed by atoms with Crippen molar-refractivity contribution in [2.45, 2.75) is 24.4 Å². The molecule has 2 fully saturated rings. The molecule has 3 aliphatic heterocycles. The highest BCUT2D eigenvalue weighted by molar-refractivity contribution is 6.15. The van der Waals surface area contributed by atoms with Crippen LogP contribution in [0, 0.1) is 11.8 Å². The lowest BCUT2D eigenvalue weighted by Crippen LogP contribution is -2.53. The third kappa shape index (κ3) is 2.46. The number of hydrogen-bond acceptors (Lipinski definition) is 6. The lowest BCUT2D eigenvalue weighted by atomic mass is 9.76. The number of nitrogens with two attached hydrogens (primary N) is 1. The molecule has 3 heterocycles. The number of benzene rings is 1. The number of fused-ring (bicyclic) bond motifs is 4. The van der Waals surface area contributed by atoms with Crippen LogP contribution in [0.1, 0.15) is 18.4 Å². The van der Waals surface area contributed by atoms with Crippen LogP contribution in [0.4, 0.5) is 5.69 Å². The van der Waals surface area contributed by atoms with Gasteiger partial charge in [0.1, 0.15) is 5.54 Å². The number of methoxy groups -OCH3 is 1. The normalized spacial score (nSPS) is 30.7. The Labute approximate surface area is 161 Å². The number of hydrogen-bond donors (Lipinski definition) is 3. The second-order valence-corrected chi connectivity index (χ2v) is 7.39. The van der Waals surface area contributed by atoms with Crippen molar-refractivity contribution >= 4 is 29.3 Å². The van der Waals surface area contributed by atoms with Gasteiger partial charge in [0.05, 0.1) is 25.0 Å². The number of ether oxygens (including phenoxy) is 1. The van der Waals surface area contributed by atoms with Gasteiger partial charge in [-0.25, -0.2) is 0 Å². The molecule has 2 unspecified atom stereocenters. The lowest BCUT2D eigenvalue weighted by molar-refractivity contribution is -0.143. The molecule has 0 aliphatic carbocycles. The molecule has 1 aromatic carbocycles. The Kier molecular flexibility index (Phi) is 4.43. The molecule has 4 N–H and O–H groups in total. The van der Waals surface area contributed by atoms with Crippen molar-refractivity contribution in [3.63, 3.8) is 0 Å². The molecule has 0 bridgehead atoms. The fourth-order valence-corrected chi connectivity index (χ4v) is 4.77. The highest BCUT2D eigenvalue weighted by atomic mass is 16.5. The molecule has 1 aromatic rings. The van der Waals surface area contributed by atoms with Gasteiger partial charge < -0.3 is 15.8 Å². The molecule has 0 aromatic heterocycles. The fraction of sp³-hybridized carbons (Fsp3) is 0.474. The van der Waals surface area contributed by atoms with Crippen molar-refractivity contribution in [2.24, 2.45) is 17.6 Å². The molecule has 28 heavy (non-hydrogen) atoms. The van der Waals surface area contributed by atoms with Gasteiger partial charge in [0.15, 0.2) is 0 Å². The number of nitrogens with one attached hydrogen (secondary N) is 2. The van der Waals surface area contributed by atoms with Crippen LogP contribution in [0.2, 0.25) is 0 Å². The average Bonchev–Trinajstić information content (AvgIpc) is 3.24. The first-order chi connectivity index (χ1) is 13.4. The number of imide groups is 1. The topological polar surface area (TPSA) is 131 Å². The summed E-state index contributed by atoms with van der Waals surface area (Å²) in [5.74, 6) is -3.21. The van der Waals surface area contributed by atoms with Gasteiger partial charge in [0, 0.05) is 30.8 Å². The zero-order valence-electron chi connectivity index (χ0n) is 15.4. The molecule has 0 saturated carbocycles. The Bertz CT molecular complexity index is 872. The zero-order chi connectivity index (χ0) is 20.1. The van der Waals surface area contributed by atoms with E-state index in [9.17, 15) is 19.2 Å². The van der Waals surface area contributed by atoms with Gasteiger partial charge in [0.2, 0.25) is 23.6 Å². The Hall–Kier alpha value is -2.78. The first-order valence-electron chi connectivity index (χ1n) is 9.23. The highest BCUT2D eigenvalue weighted by Gasteiger charge is 2.70. The lowest BCUT2D eigenvalue weighted by Gasteiger charge is -2.29. The SMILES string of the molecule is COCCN1C(=O)[C@@H]2C(CCC(N)=O)NC3(C(=O)Nc4ccccc43)[C@@H]2C1=O. The third-order valence-electron chi connectivity index (χ3n) is 5.93. The summed E-state index contributed by atoms with van der Waals surface area (Å²) in [6, 6.07) is 6.61. The van der Waals surface area contributed by atoms with Gasteiger partial charge in [-0.3, -0.25) is 29.4 Å². The van der Waals surface area contributed by atoms with Crippen molar-refractivity contribution in [3.8, 4) is 0 Å². The van der Waals surface area contributed by atoms with Crippen LogP contribution in [0.25, 0.3) is 0 Å². The van der Waals surface area contributed by atoms with Crippen molar-refractivity contribution in [2.75, 3.05) is 25.6 Å². The van der Waals surface area contributed by atoms with Gasteiger partial charge >= 0.3 is 0 Å². The summed E-state index contributed by atoms with van der Waals surface area (Å²) in [5, 5.41) is 6.07. The predicted molar refractivity (Wildman–Crippen MR) is 97.7 cm³/mol. The van der Waals surface area contributed by atoms with Gasteiger partial charge in [0.25, 0.3) is 0 Å². The third-order valence-corrected chi connectivity index (χ3v) is 5.93. The van der Waals surface area contributed by atoms with Gasteiger partial charge in [-0.1, -0.05) is 18.2 Å². The van der Waals surface area contributed by atoms with Gasteiger partial charge in [-0.15, -0.1) is 0 Å². The number of nitrogens with zero attached hydrogens (tertiary/aromatic N) is 1. The van der Waals surface area contributed by atoms with Crippen LogP contribution in [0.5, 0.6) is 0 Å². The second-order valence-electron chi connectivity index (χ2n) is 7.39. The minimum Gasteiger partial charge on any atom is -0.383 e. The van der Waals surface area contributed by atoms with Crippen molar-refractivity contribution in [1.29, 1.82) is 0 Å². The van der Waals surface area contributed by atoms with E-state index in [0.717, 1.165) is 0 Å². The molecule has 9 nitrogen and oxygen atoms in total. The quantitative estimate of drug-likeness (QED) is 0.555. The fourth-order valence-electron chi connectivity index (χ4n) is 4.77. The number of rotatable bonds is 6. The molecule has 4 rings (SSSR count). The first kappa shape index (κ1) is 18.6. The van der Waals surface area contributed by atoms with E-state index in [4.69, 9.17) is 10.5 Å². The summed E-state index contributed by atoms with van der Waals surface area (Å²) in [6.45, 7) is 0.342. The largest absolute Gasteiger partial charge is 0.383 e. The van der Waals surface area contributed by atoms with Gasteiger partial charge in [-0.2, -0.15) is 0 Å². The predicted octanol–water partition coefficient (Wildman–Crippen LogP) is -0.681. The van der Waals surface area contributed by atoms with Crippen LogP contribution in [0.15, 0.2) is 24.3 Å². The van der Waals surface area contributed by atoms with Crippen LogP contribution >= 0.6 is 0 Å². The maximum Gasteiger partial charge on any atom is 0.250 e. The number of carbonyl (C=O) groups excluding carboxylic acids is 4. The molecule has 4 atom stereocenters. The summed E-state index contributed by atoms with van der Waals surface area (Å²) >= 11 is 0. The number of amides is 4. The molecule has 148 valence electrons. The van der Waals surface area contributed by atoms with E-state index in [-0.39, 0.29) is 37.8 Å². The Morgan fingerprint density at radius 1 is 1.25 bits per heavy atom. The van der Waals surface area contributed by atoms with Crippen molar-refractivity contribution in [3.05, 3.63) is 29.8 Å². The van der Waals surface area contributed by atoms with E-state index in [0.29, 0.717) is 11.3 Å². The van der Waals surface area contributed by atoms with E-state index in [1.807, 2.05) is 0 Å². The van der Waals surface area contributed by atoms with Crippen LogP contribution < -0.4 is 16.4 Å². The minimum absolute atomic E-state index is 0.0553. The molecule has 2 saturated heterocycles. The summed E-state index contributed by atoms with van der Waals surface area (Å²) in [7, 11) is 1.49. The Morgan fingerprint density at radius 2 is 2.00 bits per heavy atom. The Morgan fingerprint density at radius 3 is 2.71 bits per heavy atom. The van der Waals surface area contributed by atoms with E-state index in [1.54, 1.807) is 24.3 Å². The van der Waals surface area contributed by atoms with Crippen LogP contribution in [-0.4, -0.2) is 54.8 Å². The van der Waals surface area contributed by atoms with Crippen molar-refractivity contribution < 1.29 is 23.9 Å². The number of carbonyl (C=O) groups is 4. The van der Waals surface area contributed by atoms with E-state index < -0.39 is 35.2 Å². The highest BCUT2D eigenvalue weighted by Crippen LogP contribution is 2.53. The molecular formula is C19H22N4O5. The summed E-state index contributed by atoms with van der Waals surface area (Å²) < 4.78 is 5.02. The molecule has 9 heteroatoms. The van der Waals surface area contributed by atoms with E-state index in [1.165, 1.54) is 12.0 Å². The summed E-state index contributed by atoms with van der Waals surface area (Å²) in [6.07, 6.45) is 0.324. The summed E-state index contributed by atoms with van der Waals surface area (Å²) in [5.41, 5.74) is 5.21. The smallest absolute Gasteiger partial charge is 0.250 e. The van der Waals surface area contributed by atoms with Gasteiger partial charge in [-0.05, 0) is 12.5 Å². The van der Waals surface area contributed by atoms with Crippen LogP contribution in [0.3, 0.4) is 0 Å². The maximum atomic E-state index is 13.2. The van der Waals surface area contributed by atoms with E-state index in [2.05, 4.69) is 10.6 Å². The molecule has 1 spiro atoms. The number of anilines is 1. The molecule has 0 radical (unpaired) electrons. The monoisotopic (exact) mass is 386 g/mol. The number of primary amides is 1. The standard InChI is InChI=1S/C19H22N4O5/c1-28-9-8-23-16(25)14-12(6-7-13(20)24)22-19(15(14)17(23)26)10-4-2-3-5-11(10)21-18(19)27/h2-5,12,14-15,22H,6-9H2,1H3,(H2,20,24)(H,21,27)/t12?,14-,15+,19?/m1/s1. The van der Waals surface area contributed by atoms with Crippen molar-refractivity contribution in [1.82, 2.24) is 10.2 Å². The average molecular weight is 386 g/mol. The summed E-state index contributed by atoms with van der Waals surface area (Å²) in [4.78, 5) is 51.9. The van der Waals surface area contributed by atoms with Crippen LogP contribution in [-0.2, 0) is 29.5 Å². The van der Waals surface area contributed by atoms with E-state index >= 15 is 0 Å². The zero-order valence-corrected chi connectivity index (χ0v) is 15.4. The number of para-hydroxylation sites is 1. The minimum atomic E-state index is -1.34. The first-order valence-corrected chi connectivity index (χ1v) is 9.23. The molecule has 3 aliphatic rings. The maximum absolute atomic E-state index is 13.2. The molecule has 4 amide bonds.